The van der Waals surface area contributed by atoms with Crippen molar-refractivity contribution in [3.05, 3.63) is 27.2 Å². The van der Waals surface area contributed by atoms with Crippen molar-refractivity contribution in [3.63, 3.8) is 0 Å². The number of nitrogens with zero attached hydrogens (tertiary/aromatic N) is 1. The maximum atomic E-state index is 11.7. The maximum Gasteiger partial charge on any atom is 0.240 e. The third kappa shape index (κ3) is 2.10. The van der Waals surface area contributed by atoms with Crippen molar-refractivity contribution in [3.8, 4) is 0 Å². The van der Waals surface area contributed by atoms with Crippen LogP contribution < -0.4 is 10.6 Å². The second-order valence-corrected chi connectivity index (χ2v) is 5.04. The van der Waals surface area contributed by atoms with Crippen molar-refractivity contribution in [2.45, 2.75) is 12.8 Å². The Balaban J connectivity index is 2.49. The molecule has 86 valence electrons. The van der Waals surface area contributed by atoms with Gasteiger partial charge in [0, 0.05) is 16.0 Å². The van der Waals surface area contributed by atoms with E-state index in [0.717, 1.165) is 35.1 Å². The summed E-state index contributed by atoms with van der Waals surface area (Å²) in [5.74, 6) is -0.0519. The molecule has 2 N–H and O–H groups in total. The molecule has 0 aromatic heterocycles. The summed E-state index contributed by atoms with van der Waals surface area (Å²) in [6, 6.07) is 3.72. The highest BCUT2D eigenvalue weighted by Gasteiger charge is 2.24. The van der Waals surface area contributed by atoms with Crippen molar-refractivity contribution in [2.24, 2.45) is 5.73 Å². The van der Waals surface area contributed by atoms with Gasteiger partial charge in [-0.1, -0.05) is 11.6 Å². The quantitative estimate of drug-likeness (QED) is 0.865. The summed E-state index contributed by atoms with van der Waals surface area (Å²) >= 11 is 9.44. The largest absolute Gasteiger partial charge is 0.322 e. The van der Waals surface area contributed by atoms with Crippen molar-refractivity contribution < 1.29 is 4.79 Å². The molecule has 1 aromatic carbocycles. The number of nitrogens with two attached hydrogens (primary N) is 1. The predicted octanol–water partition coefficient (Wildman–Crippen LogP) is 2.34. The van der Waals surface area contributed by atoms with Gasteiger partial charge in [0.05, 0.1) is 12.2 Å². The van der Waals surface area contributed by atoms with E-state index in [-0.39, 0.29) is 12.5 Å². The maximum absolute atomic E-state index is 11.7. The molecule has 5 heteroatoms. The number of carbonyl (C=O) groups excluding carboxylic acids is 1. The molecule has 3 nitrogen and oxygen atoms in total. The SMILES string of the molecule is NCC(=O)N1CCCc2cc(Cl)cc(Br)c21. The van der Waals surface area contributed by atoms with Gasteiger partial charge in [0.25, 0.3) is 0 Å². The molecule has 0 atom stereocenters. The van der Waals surface area contributed by atoms with E-state index in [1.165, 1.54) is 0 Å². The number of aryl methyl sites for hydroxylation is 1. The highest BCUT2D eigenvalue weighted by molar-refractivity contribution is 9.10. The molecule has 1 heterocycles. The molecular formula is C11H12BrClN2O. The van der Waals surface area contributed by atoms with Crippen LogP contribution in [-0.4, -0.2) is 19.0 Å². The van der Waals surface area contributed by atoms with Gasteiger partial charge in [0.2, 0.25) is 5.91 Å². The number of hydrogen-bond acceptors (Lipinski definition) is 2. The molecule has 0 spiro atoms. The Kier molecular flexibility index (Phi) is 3.52. The Morgan fingerprint density at radius 1 is 1.56 bits per heavy atom. The van der Waals surface area contributed by atoms with Crippen molar-refractivity contribution in [1.82, 2.24) is 0 Å². The third-order valence-electron chi connectivity index (χ3n) is 2.68. The summed E-state index contributed by atoms with van der Waals surface area (Å²) < 4.78 is 0.858. The first-order chi connectivity index (χ1) is 7.63. The summed E-state index contributed by atoms with van der Waals surface area (Å²) in [6.45, 7) is 0.762. The Morgan fingerprint density at radius 2 is 2.31 bits per heavy atom. The Bertz CT molecular complexity index is 436. The zero-order valence-electron chi connectivity index (χ0n) is 8.67. The molecule has 1 aliphatic heterocycles. The topological polar surface area (TPSA) is 46.3 Å². The highest BCUT2D eigenvalue weighted by Crippen LogP contribution is 2.36. The number of hydrogen-bond donors (Lipinski definition) is 1. The number of amides is 1. The standard InChI is InChI=1S/C11H12BrClN2O/c12-9-5-8(13)4-7-2-1-3-15(11(7)9)10(16)6-14/h4-5H,1-3,6,14H2. The number of benzene rings is 1. The fourth-order valence-corrected chi connectivity index (χ4v) is 3.10. The second-order valence-electron chi connectivity index (χ2n) is 3.75. The monoisotopic (exact) mass is 302 g/mol. The number of fused-ring (bicyclic) bond motifs is 1. The molecule has 0 fully saturated rings. The van der Waals surface area contributed by atoms with Gasteiger partial charge < -0.3 is 10.6 Å². The van der Waals surface area contributed by atoms with E-state index < -0.39 is 0 Å². The lowest BCUT2D eigenvalue weighted by molar-refractivity contribution is -0.117. The van der Waals surface area contributed by atoms with Gasteiger partial charge in [-0.05, 0) is 46.5 Å². The molecule has 0 radical (unpaired) electrons. The highest BCUT2D eigenvalue weighted by atomic mass is 79.9. The van der Waals surface area contributed by atoms with E-state index in [1.807, 2.05) is 12.1 Å². The lowest BCUT2D eigenvalue weighted by Crippen LogP contribution is -2.39. The van der Waals surface area contributed by atoms with Crippen molar-refractivity contribution in [1.29, 1.82) is 0 Å². The summed E-state index contributed by atoms with van der Waals surface area (Å²) in [4.78, 5) is 13.4. The van der Waals surface area contributed by atoms with Gasteiger partial charge in [-0.25, -0.2) is 0 Å². The van der Waals surface area contributed by atoms with E-state index >= 15 is 0 Å². The van der Waals surface area contributed by atoms with Crippen LogP contribution >= 0.6 is 27.5 Å². The van der Waals surface area contributed by atoms with E-state index in [1.54, 1.807) is 4.90 Å². The first-order valence-electron chi connectivity index (χ1n) is 5.12. The number of anilines is 1. The summed E-state index contributed by atoms with van der Waals surface area (Å²) in [5.41, 5.74) is 7.43. The molecule has 16 heavy (non-hydrogen) atoms. The van der Waals surface area contributed by atoms with Crippen LogP contribution in [-0.2, 0) is 11.2 Å². The molecule has 1 amide bonds. The molecule has 0 unspecified atom stereocenters. The van der Waals surface area contributed by atoms with Gasteiger partial charge in [0.15, 0.2) is 0 Å². The average molecular weight is 304 g/mol. The molecule has 1 aromatic rings. The molecule has 0 saturated carbocycles. The zero-order chi connectivity index (χ0) is 11.7. The van der Waals surface area contributed by atoms with Crippen LogP contribution in [0.1, 0.15) is 12.0 Å². The Hall–Kier alpha value is -0.580. The number of halogens is 2. The Labute approximate surface area is 108 Å². The Morgan fingerprint density at radius 3 is 3.00 bits per heavy atom. The smallest absolute Gasteiger partial charge is 0.240 e. The zero-order valence-corrected chi connectivity index (χ0v) is 11.0. The minimum absolute atomic E-state index is 0.0362. The minimum atomic E-state index is -0.0519. The molecule has 2 rings (SSSR count). The van der Waals surface area contributed by atoms with E-state index in [4.69, 9.17) is 17.3 Å². The van der Waals surface area contributed by atoms with E-state index in [2.05, 4.69) is 15.9 Å². The van der Waals surface area contributed by atoms with Crippen LogP contribution in [0.2, 0.25) is 5.02 Å². The van der Waals surface area contributed by atoms with Gasteiger partial charge in [-0.2, -0.15) is 0 Å². The molecule has 0 bridgehead atoms. The molecule has 0 aliphatic carbocycles. The predicted molar refractivity (Wildman–Crippen MR) is 68.9 cm³/mol. The molecule has 0 saturated heterocycles. The average Bonchev–Trinajstić information content (AvgIpc) is 2.26. The van der Waals surface area contributed by atoms with Crippen molar-refractivity contribution in [2.75, 3.05) is 18.0 Å². The fraction of sp³-hybridized carbons (Fsp3) is 0.364. The normalized spacial score (nSPS) is 14.8. The lowest BCUT2D eigenvalue weighted by atomic mass is 10.0. The number of carbonyl (C=O) groups is 1. The van der Waals surface area contributed by atoms with Crippen molar-refractivity contribution >= 4 is 39.1 Å². The molecular weight excluding hydrogens is 291 g/mol. The molecule has 1 aliphatic rings. The lowest BCUT2D eigenvalue weighted by Gasteiger charge is -2.30. The van der Waals surface area contributed by atoms with Gasteiger partial charge in [-0.3, -0.25) is 4.79 Å². The fourth-order valence-electron chi connectivity index (χ4n) is 2.01. The first-order valence-corrected chi connectivity index (χ1v) is 6.29. The van der Waals surface area contributed by atoms with E-state index in [9.17, 15) is 4.79 Å². The van der Waals surface area contributed by atoms with Crippen LogP contribution in [0.3, 0.4) is 0 Å². The summed E-state index contributed by atoms with van der Waals surface area (Å²) in [6.07, 6.45) is 1.90. The van der Waals surface area contributed by atoms with Crippen LogP contribution in [0, 0.1) is 0 Å². The third-order valence-corrected chi connectivity index (χ3v) is 3.50. The number of rotatable bonds is 1. The summed E-state index contributed by atoms with van der Waals surface area (Å²) in [5, 5.41) is 0.688. The summed E-state index contributed by atoms with van der Waals surface area (Å²) in [7, 11) is 0. The van der Waals surface area contributed by atoms with Crippen LogP contribution in [0.25, 0.3) is 0 Å². The van der Waals surface area contributed by atoms with Crippen LogP contribution in [0.4, 0.5) is 5.69 Å². The van der Waals surface area contributed by atoms with Crippen LogP contribution in [0.15, 0.2) is 16.6 Å². The minimum Gasteiger partial charge on any atom is -0.322 e. The van der Waals surface area contributed by atoms with Crippen LogP contribution in [0.5, 0.6) is 0 Å². The van der Waals surface area contributed by atoms with E-state index in [0.29, 0.717) is 5.02 Å². The second kappa shape index (κ2) is 4.73. The first kappa shape index (κ1) is 11.9. The van der Waals surface area contributed by atoms with Gasteiger partial charge in [-0.15, -0.1) is 0 Å². The van der Waals surface area contributed by atoms with Gasteiger partial charge in [0.1, 0.15) is 0 Å². The van der Waals surface area contributed by atoms with Gasteiger partial charge >= 0.3 is 0 Å².